The van der Waals surface area contributed by atoms with Gasteiger partial charge in [-0.15, -0.1) is 18.8 Å². The first-order valence-corrected chi connectivity index (χ1v) is 27.6. The Morgan fingerprint density at radius 3 is 1.57 bits per heavy atom. The van der Waals surface area contributed by atoms with Crippen LogP contribution in [0.2, 0.25) is 13.3 Å². The van der Waals surface area contributed by atoms with Gasteiger partial charge in [0.25, 0.3) is 0 Å². The van der Waals surface area contributed by atoms with Gasteiger partial charge in [0, 0.05) is 18.6 Å². The van der Waals surface area contributed by atoms with Gasteiger partial charge in [0.2, 0.25) is 0 Å². The molecular weight excluding hydrogens is 811 g/mol. The summed E-state index contributed by atoms with van der Waals surface area (Å²) < 4.78 is 12.2. The van der Waals surface area contributed by atoms with E-state index in [0.29, 0.717) is 25.0 Å². The number of allylic oxidation sites excluding steroid dienone is 4. The number of halogens is 1. The fraction of sp³-hybridized carbons (Fsp3) is 0.674. The van der Waals surface area contributed by atoms with Crippen molar-refractivity contribution in [2.75, 3.05) is 19.8 Å². The molecule has 0 unspecified atom stereocenters. The summed E-state index contributed by atoms with van der Waals surface area (Å²) in [6.07, 6.45) is 31.8. The number of esters is 1. The minimum absolute atomic E-state index is 0.230. The summed E-state index contributed by atoms with van der Waals surface area (Å²) in [5, 5.41) is 8.20. The van der Waals surface area contributed by atoms with E-state index in [1.165, 1.54) is 62.1 Å². The summed E-state index contributed by atoms with van der Waals surface area (Å²) >= 11 is 1.01. The van der Waals surface area contributed by atoms with Crippen molar-refractivity contribution in [3.05, 3.63) is 45.5 Å². The van der Waals surface area contributed by atoms with Gasteiger partial charge in [-0.25, -0.2) is 19.4 Å². The van der Waals surface area contributed by atoms with Gasteiger partial charge < -0.3 is 9.84 Å². The third-order valence-corrected chi connectivity index (χ3v) is 21.1. The van der Waals surface area contributed by atoms with Gasteiger partial charge in [-0.2, -0.15) is 0 Å². The second kappa shape index (κ2) is 48.2. The molecule has 0 radical (unpaired) electrons. The number of carboxylic acid groups (broad SMARTS) is 1. The van der Waals surface area contributed by atoms with Gasteiger partial charge in [-0.05, 0) is 37.1 Å². The molecule has 0 saturated heterocycles. The Labute approximate surface area is 328 Å². The zero-order valence-corrected chi connectivity index (χ0v) is 38.9. The van der Waals surface area contributed by atoms with Crippen LogP contribution in [0.4, 0.5) is 0 Å². The topological polar surface area (TPSA) is 82.1 Å². The molecule has 6 nitrogen and oxygen atoms in total. The van der Waals surface area contributed by atoms with Crippen LogP contribution >= 0.6 is 15.9 Å². The maximum Gasteiger partial charge on any atom is 0.331 e. The molecule has 0 aromatic heterocycles. The molecule has 0 aliphatic heterocycles. The summed E-state index contributed by atoms with van der Waals surface area (Å²) in [5.74, 6) is 5.72. The standard InChI is InChI=1S/C9H14O2.C6H11.C6H10.C5H7BrO2.C5H8O2.3C4H9.Sn/c1-8(2)6-4-3-5-7-9(10)11;2*1-4-5-6(2)3;1-2-8-5(7)3-4-6;1-3-5-7-6-4-2;3*1-3-4-2;/h3-5,7-8H,6H2,1-2H3,(H,10,11);1,4,6H,5H2,2-3H3;1,6H,5H2,2-3H3;3-4H,2H2,1H3;1H,4-5H2,2H3;3*1,3-4H2,2H3;/b4-3+,7-5-;;;4-3-;;;;;. The Balaban J connectivity index is -0.000000187. The van der Waals surface area contributed by atoms with Crippen LogP contribution in [0.5, 0.6) is 0 Å². The van der Waals surface area contributed by atoms with Crippen molar-refractivity contribution in [1.29, 1.82) is 0 Å². The van der Waals surface area contributed by atoms with E-state index in [0.717, 1.165) is 24.8 Å². The molecule has 51 heavy (non-hydrogen) atoms. The number of ether oxygens (including phenoxy) is 1. The van der Waals surface area contributed by atoms with Crippen LogP contribution < -0.4 is 0 Å². The first-order chi connectivity index (χ1) is 24.2. The van der Waals surface area contributed by atoms with Gasteiger partial charge in [0.05, 0.1) is 13.2 Å². The van der Waals surface area contributed by atoms with E-state index in [-0.39, 0.29) is 12.6 Å². The molecule has 0 fully saturated rings. The predicted octanol–water partition coefficient (Wildman–Crippen LogP) is 12.9. The fourth-order valence-electron chi connectivity index (χ4n) is 4.01. The van der Waals surface area contributed by atoms with Crippen molar-refractivity contribution in [1.82, 2.24) is 0 Å². The summed E-state index contributed by atoms with van der Waals surface area (Å²) in [7, 11) is 0. The Kier molecular flexibility index (Phi) is 55.3. The van der Waals surface area contributed by atoms with Crippen molar-refractivity contribution in [2.24, 2.45) is 17.8 Å². The van der Waals surface area contributed by atoms with Crippen LogP contribution in [-0.4, -0.2) is 55.2 Å². The Bertz CT molecular complexity index is 933. The summed E-state index contributed by atoms with van der Waals surface area (Å²) in [4.78, 5) is 30.6. The van der Waals surface area contributed by atoms with E-state index in [1.807, 2.05) is 13.0 Å². The first-order valence-electron chi connectivity index (χ1n) is 19.0. The van der Waals surface area contributed by atoms with E-state index >= 15 is 0 Å². The Hall–Kier alpha value is -1.78. The van der Waals surface area contributed by atoms with Crippen LogP contribution in [0.15, 0.2) is 45.5 Å². The smallest absolute Gasteiger partial charge is 0.331 e. The number of aliphatic carboxylic acids is 1. The number of hydrogen-bond acceptors (Lipinski definition) is 5. The van der Waals surface area contributed by atoms with E-state index < -0.39 is 24.3 Å². The molecule has 0 amide bonds. The maximum atomic E-state index is 10.3. The molecule has 296 valence electrons. The molecule has 0 heterocycles. The number of hydrogen-bond donors (Lipinski definition) is 1. The van der Waals surface area contributed by atoms with E-state index in [4.69, 9.17) is 18.0 Å². The SMILES string of the molecule is C#CCC(C)C.C#CCOOCC.CC(C)C/C=C/C=C\C(=O)O.CCC[CH2][Sn](/[CH]=C/CC(C)C)([CH2]CCC)[CH2]CCC.CCOC(=O)/C=C\Br. The van der Waals surface area contributed by atoms with Gasteiger partial charge in [0.1, 0.15) is 6.61 Å². The predicted molar refractivity (Wildman–Crippen MR) is 228 cm³/mol. The second-order valence-electron chi connectivity index (χ2n) is 13.2. The Morgan fingerprint density at radius 2 is 1.24 bits per heavy atom. The molecule has 0 rings (SSSR count). The normalized spacial score (nSPS) is 10.9. The van der Waals surface area contributed by atoms with E-state index in [9.17, 15) is 9.59 Å². The summed E-state index contributed by atoms with van der Waals surface area (Å²) in [6, 6.07) is 0. The summed E-state index contributed by atoms with van der Waals surface area (Å²) in [5.41, 5.74) is 0. The molecule has 0 spiro atoms. The van der Waals surface area contributed by atoms with Gasteiger partial charge in [0.15, 0.2) is 0 Å². The van der Waals surface area contributed by atoms with Crippen LogP contribution in [0.25, 0.3) is 0 Å². The van der Waals surface area contributed by atoms with Crippen molar-refractivity contribution in [2.45, 2.75) is 147 Å². The number of rotatable bonds is 22. The first kappa shape index (κ1) is 58.5. The molecule has 1 N–H and O–H groups in total. The number of terminal acetylenes is 2. The zero-order valence-electron chi connectivity index (χ0n) is 34.5. The van der Waals surface area contributed by atoms with E-state index in [2.05, 4.69) is 115 Å². The monoisotopic (exact) mass is 888 g/mol. The van der Waals surface area contributed by atoms with Crippen LogP contribution in [0.3, 0.4) is 0 Å². The van der Waals surface area contributed by atoms with Gasteiger partial charge in [-0.3, -0.25) is 0 Å². The van der Waals surface area contributed by atoms with Crippen molar-refractivity contribution >= 4 is 46.2 Å². The quantitative estimate of drug-likeness (QED) is 0.0170. The fourth-order valence-corrected chi connectivity index (χ4v) is 18.7. The van der Waals surface area contributed by atoms with Crippen LogP contribution in [-0.2, 0) is 24.1 Å². The molecule has 0 aliphatic carbocycles. The molecular formula is C43H77BrO6Sn. The van der Waals surface area contributed by atoms with Crippen LogP contribution in [0.1, 0.15) is 134 Å². The minimum Gasteiger partial charge on any atom is -0.463 e. The molecule has 0 saturated carbocycles. The molecule has 0 aromatic carbocycles. The largest absolute Gasteiger partial charge is 0.463 e. The van der Waals surface area contributed by atoms with Crippen molar-refractivity contribution < 1.29 is 29.2 Å². The van der Waals surface area contributed by atoms with Crippen molar-refractivity contribution in [3.63, 3.8) is 0 Å². The average molecular weight is 889 g/mol. The van der Waals surface area contributed by atoms with Crippen LogP contribution in [0, 0.1) is 42.4 Å². The Morgan fingerprint density at radius 1 is 0.725 bits per heavy atom. The van der Waals surface area contributed by atoms with E-state index in [1.54, 1.807) is 26.3 Å². The molecule has 0 atom stereocenters. The number of unbranched alkanes of at least 4 members (excludes halogenated alkanes) is 3. The number of carboxylic acids is 1. The number of carbonyl (C=O) groups excluding carboxylic acids is 1. The van der Waals surface area contributed by atoms with Gasteiger partial charge >= 0.3 is 139 Å². The third kappa shape index (κ3) is 60.6. The minimum atomic E-state index is -1.93. The maximum absolute atomic E-state index is 10.3. The number of carbonyl (C=O) groups is 2. The molecule has 8 heteroatoms. The average Bonchev–Trinajstić information content (AvgIpc) is 3.06. The molecule has 0 aliphatic rings. The molecule has 0 aromatic rings. The van der Waals surface area contributed by atoms with Gasteiger partial charge in [-0.1, -0.05) is 67.8 Å². The van der Waals surface area contributed by atoms with Crippen molar-refractivity contribution in [3.8, 4) is 24.7 Å². The summed E-state index contributed by atoms with van der Waals surface area (Å²) in [6.45, 7) is 25.0. The molecule has 0 bridgehead atoms. The second-order valence-corrected chi connectivity index (χ2v) is 26.7. The zero-order chi connectivity index (χ0) is 40.2. The third-order valence-electron chi connectivity index (χ3n) is 6.61.